The zero-order valence-corrected chi connectivity index (χ0v) is 18.9. The van der Waals surface area contributed by atoms with Gasteiger partial charge in [0.2, 0.25) is 10.0 Å². The van der Waals surface area contributed by atoms with Crippen LogP contribution in [-0.2, 0) is 14.8 Å². The number of pyridine rings is 1. The Morgan fingerprint density at radius 3 is 2.56 bits per heavy atom. The highest BCUT2D eigenvalue weighted by Crippen LogP contribution is 2.25. The maximum Gasteiger partial charge on any atom is 0.262 e. The minimum Gasteiger partial charge on any atom is -0.481 e. The Morgan fingerprint density at radius 1 is 1.03 bits per heavy atom. The second kappa shape index (κ2) is 9.67. The summed E-state index contributed by atoms with van der Waals surface area (Å²) in [7, 11) is -3.58. The van der Waals surface area contributed by atoms with Crippen LogP contribution in [0.3, 0.4) is 0 Å². The Bertz CT molecular complexity index is 1220. The second-order valence-corrected chi connectivity index (χ2v) is 9.90. The fourth-order valence-electron chi connectivity index (χ4n) is 3.84. The first-order valence-electron chi connectivity index (χ1n) is 10.8. The number of aromatic nitrogens is 1. The number of benzene rings is 2. The molecule has 2 aromatic carbocycles. The highest BCUT2D eigenvalue weighted by atomic mass is 32.2. The number of amides is 1. The zero-order valence-electron chi connectivity index (χ0n) is 18.1. The van der Waals surface area contributed by atoms with E-state index in [2.05, 4.69) is 10.3 Å². The van der Waals surface area contributed by atoms with E-state index in [0.717, 1.165) is 36.8 Å². The third-order valence-corrected chi connectivity index (χ3v) is 7.40. The van der Waals surface area contributed by atoms with Gasteiger partial charge in [-0.05, 0) is 50.1 Å². The number of ether oxygens (including phenoxy) is 1. The lowest BCUT2D eigenvalue weighted by Gasteiger charge is -2.20. The molecule has 1 amide bonds. The van der Waals surface area contributed by atoms with Crippen molar-refractivity contribution in [2.24, 2.45) is 0 Å². The Hall–Kier alpha value is -2.97. The topological polar surface area (TPSA) is 88.6 Å². The molecule has 3 aromatic rings. The van der Waals surface area contributed by atoms with Crippen molar-refractivity contribution < 1.29 is 17.9 Å². The number of nitrogens with one attached hydrogen (secondary N) is 1. The van der Waals surface area contributed by atoms with Crippen molar-refractivity contribution in [3.63, 3.8) is 0 Å². The smallest absolute Gasteiger partial charge is 0.262 e. The van der Waals surface area contributed by atoms with Crippen LogP contribution in [0.5, 0.6) is 5.75 Å². The minimum atomic E-state index is -3.58. The molecule has 0 saturated carbocycles. The number of carbonyl (C=O) groups is 1. The average Bonchev–Trinajstić information content (AvgIpc) is 3.08. The van der Waals surface area contributed by atoms with Crippen molar-refractivity contribution in [2.75, 3.05) is 25.0 Å². The van der Waals surface area contributed by atoms with Gasteiger partial charge in [0, 0.05) is 29.9 Å². The van der Waals surface area contributed by atoms with E-state index in [1.54, 1.807) is 28.6 Å². The van der Waals surface area contributed by atoms with Crippen LogP contribution < -0.4 is 10.1 Å². The highest BCUT2D eigenvalue weighted by Gasteiger charge is 2.25. The third-order valence-electron chi connectivity index (χ3n) is 5.50. The van der Waals surface area contributed by atoms with Gasteiger partial charge in [0.1, 0.15) is 11.3 Å². The van der Waals surface area contributed by atoms with Crippen LogP contribution in [0.15, 0.2) is 59.5 Å². The summed E-state index contributed by atoms with van der Waals surface area (Å²) < 4.78 is 33.3. The zero-order chi connectivity index (χ0) is 22.6. The molecule has 32 heavy (non-hydrogen) atoms. The lowest BCUT2D eigenvalue weighted by molar-refractivity contribution is -0.118. The lowest BCUT2D eigenvalue weighted by atomic mass is 10.2. The molecule has 2 heterocycles. The summed E-state index contributed by atoms with van der Waals surface area (Å²) in [5.74, 6) is 0.151. The average molecular weight is 454 g/mol. The third kappa shape index (κ3) is 5.08. The molecule has 4 rings (SSSR count). The molecule has 0 unspecified atom stereocenters. The fourth-order valence-corrected chi connectivity index (χ4v) is 5.40. The molecule has 1 N–H and O–H groups in total. The van der Waals surface area contributed by atoms with Gasteiger partial charge in [-0.3, -0.25) is 4.79 Å². The molecule has 1 aliphatic heterocycles. The number of aryl methyl sites for hydroxylation is 1. The summed E-state index contributed by atoms with van der Waals surface area (Å²) >= 11 is 0. The maximum absolute atomic E-state index is 13.0. The van der Waals surface area contributed by atoms with Gasteiger partial charge in [-0.15, -0.1) is 0 Å². The molecule has 168 valence electrons. The largest absolute Gasteiger partial charge is 0.481 e. The summed E-state index contributed by atoms with van der Waals surface area (Å²) in [5, 5.41) is 3.66. The molecular weight excluding hydrogens is 426 g/mol. The molecule has 1 aromatic heterocycles. The van der Waals surface area contributed by atoms with Crippen LogP contribution in [0, 0.1) is 6.92 Å². The van der Waals surface area contributed by atoms with Crippen LogP contribution in [0.4, 0.5) is 5.69 Å². The summed E-state index contributed by atoms with van der Waals surface area (Å²) in [6.07, 6.45) is 3.84. The van der Waals surface area contributed by atoms with E-state index < -0.39 is 10.0 Å². The first kappa shape index (κ1) is 22.2. The molecule has 0 spiro atoms. The van der Waals surface area contributed by atoms with Crippen molar-refractivity contribution in [1.82, 2.24) is 9.29 Å². The highest BCUT2D eigenvalue weighted by molar-refractivity contribution is 7.89. The van der Waals surface area contributed by atoms with Gasteiger partial charge >= 0.3 is 0 Å². The van der Waals surface area contributed by atoms with Crippen molar-refractivity contribution in [3.8, 4) is 5.75 Å². The molecular formula is C24H27N3O4S. The fraction of sp³-hybridized carbons (Fsp3) is 0.333. The Balaban J connectivity index is 1.44. The van der Waals surface area contributed by atoms with Gasteiger partial charge in [0.25, 0.3) is 5.91 Å². The van der Waals surface area contributed by atoms with E-state index in [1.807, 2.05) is 31.2 Å². The Labute approximate surface area is 188 Å². The van der Waals surface area contributed by atoms with Gasteiger partial charge in [-0.1, -0.05) is 37.1 Å². The molecule has 1 aliphatic rings. The SMILES string of the molecule is Cc1ccc2cccc(OCC(=O)Nc3cccc(S(=O)(=O)N4CCCCCC4)c3)c2n1. The number of nitrogens with zero attached hydrogens (tertiary/aromatic N) is 2. The van der Waals surface area contributed by atoms with Gasteiger partial charge in [-0.2, -0.15) is 4.31 Å². The molecule has 0 bridgehead atoms. The predicted molar refractivity (Wildman–Crippen MR) is 124 cm³/mol. The summed E-state index contributed by atoms with van der Waals surface area (Å²) in [6.45, 7) is 2.75. The van der Waals surface area contributed by atoms with Crippen LogP contribution in [0.1, 0.15) is 31.4 Å². The summed E-state index contributed by atoms with van der Waals surface area (Å²) in [4.78, 5) is 17.2. The minimum absolute atomic E-state index is 0.187. The van der Waals surface area contributed by atoms with Gasteiger partial charge in [0.05, 0.1) is 4.90 Å². The van der Waals surface area contributed by atoms with Gasteiger partial charge in [-0.25, -0.2) is 13.4 Å². The van der Waals surface area contributed by atoms with Gasteiger partial charge in [0.15, 0.2) is 6.61 Å². The number of fused-ring (bicyclic) bond motifs is 1. The number of para-hydroxylation sites is 1. The monoisotopic (exact) mass is 453 g/mol. The quantitative estimate of drug-likeness (QED) is 0.606. The molecule has 8 heteroatoms. The Morgan fingerprint density at radius 2 is 1.78 bits per heavy atom. The second-order valence-electron chi connectivity index (χ2n) is 7.96. The molecule has 1 saturated heterocycles. The molecule has 0 aliphatic carbocycles. The van der Waals surface area contributed by atoms with Crippen LogP contribution >= 0.6 is 0 Å². The number of anilines is 1. The van der Waals surface area contributed by atoms with E-state index in [9.17, 15) is 13.2 Å². The lowest BCUT2D eigenvalue weighted by Crippen LogP contribution is -2.32. The van der Waals surface area contributed by atoms with Crippen molar-refractivity contribution >= 4 is 32.5 Å². The van der Waals surface area contributed by atoms with Crippen LogP contribution in [-0.4, -0.2) is 43.3 Å². The molecule has 0 radical (unpaired) electrons. The van der Waals surface area contributed by atoms with E-state index in [0.29, 0.717) is 30.0 Å². The first-order chi connectivity index (χ1) is 15.4. The van der Waals surface area contributed by atoms with Gasteiger partial charge < -0.3 is 10.1 Å². The predicted octanol–water partition coefficient (Wildman–Crippen LogP) is 4.13. The molecule has 7 nitrogen and oxygen atoms in total. The van der Waals surface area contributed by atoms with E-state index in [4.69, 9.17) is 4.74 Å². The summed E-state index contributed by atoms with van der Waals surface area (Å²) in [5.41, 5.74) is 1.98. The van der Waals surface area contributed by atoms with Crippen molar-refractivity contribution in [2.45, 2.75) is 37.5 Å². The normalized spacial score (nSPS) is 15.3. The first-order valence-corrected chi connectivity index (χ1v) is 12.3. The summed E-state index contributed by atoms with van der Waals surface area (Å²) in [6, 6.07) is 15.8. The van der Waals surface area contributed by atoms with E-state index in [1.165, 1.54) is 6.07 Å². The van der Waals surface area contributed by atoms with Crippen LogP contribution in [0.2, 0.25) is 0 Å². The standard InChI is InChI=1S/C24H27N3O4S/c1-18-12-13-19-8-6-11-22(24(19)25-18)31-17-23(28)26-20-9-7-10-21(16-20)32(29,30)27-14-4-2-3-5-15-27/h6-13,16H,2-5,14-15,17H2,1H3,(H,26,28). The molecule has 0 atom stereocenters. The molecule has 1 fully saturated rings. The van der Waals surface area contributed by atoms with Crippen LogP contribution in [0.25, 0.3) is 10.9 Å². The number of carbonyl (C=O) groups excluding carboxylic acids is 1. The number of rotatable bonds is 6. The number of hydrogen-bond donors (Lipinski definition) is 1. The number of sulfonamides is 1. The Kier molecular flexibility index (Phi) is 6.72. The number of hydrogen-bond acceptors (Lipinski definition) is 5. The maximum atomic E-state index is 13.0. The van der Waals surface area contributed by atoms with Crippen molar-refractivity contribution in [3.05, 3.63) is 60.3 Å². The van der Waals surface area contributed by atoms with E-state index in [-0.39, 0.29) is 17.4 Å². The van der Waals surface area contributed by atoms with Crippen molar-refractivity contribution in [1.29, 1.82) is 0 Å². The van der Waals surface area contributed by atoms with E-state index >= 15 is 0 Å².